The average Bonchev–Trinajstić information content (AvgIpc) is 2.44. The summed E-state index contributed by atoms with van der Waals surface area (Å²) in [5, 5.41) is 0. The van der Waals surface area contributed by atoms with E-state index >= 15 is 0 Å². The van der Waals surface area contributed by atoms with Gasteiger partial charge in [0.25, 0.3) is 0 Å². The van der Waals surface area contributed by atoms with Crippen molar-refractivity contribution in [2.75, 3.05) is 32.7 Å². The van der Waals surface area contributed by atoms with E-state index < -0.39 is 0 Å². The van der Waals surface area contributed by atoms with Crippen molar-refractivity contribution < 1.29 is 0 Å². The fourth-order valence-electron chi connectivity index (χ4n) is 3.96. The summed E-state index contributed by atoms with van der Waals surface area (Å²) >= 11 is 0. The van der Waals surface area contributed by atoms with Gasteiger partial charge in [-0.3, -0.25) is 4.90 Å². The number of allylic oxidation sites excluding steroid dienone is 1. The minimum absolute atomic E-state index is 0.474. The van der Waals surface area contributed by atoms with Crippen LogP contribution in [0.1, 0.15) is 79.6 Å². The molecule has 2 nitrogen and oxygen atoms in total. The van der Waals surface area contributed by atoms with Crippen LogP contribution in [0, 0.1) is 17.3 Å². The molecule has 0 aromatic heterocycles. The zero-order chi connectivity index (χ0) is 17.6. The van der Waals surface area contributed by atoms with Crippen LogP contribution < -0.4 is 0 Å². The molecule has 1 aliphatic heterocycles. The second-order valence-corrected chi connectivity index (χ2v) is 9.85. The smallest absolute Gasteiger partial charge is 0.0300 e. The van der Waals surface area contributed by atoms with Gasteiger partial charge in [0.05, 0.1) is 0 Å². The predicted octanol–water partition coefficient (Wildman–Crippen LogP) is 5.55. The molecule has 2 rings (SSSR count). The van der Waals surface area contributed by atoms with Crippen molar-refractivity contribution in [2.45, 2.75) is 79.6 Å². The van der Waals surface area contributed by atoms with Crippen LogP contribution in [0.2, 0.25) is 0 Å². The van der Waals surface area contributed by atoms with Gasteiger partial charge in [-0.05, 0) is 62.6 Å². The first-order chi connectivity index (χ1) is 11.3. The Morgan fingerprint density at radius 1 is 1.12 bits per heavy atom. The van der Waals surface area contributed by atoms with E-state index in [2.05, 4.69) is 50.6 Å². The molecule has 1 saturated carbocycles. The Labute approximate surface area is 151 Å². The van der Waals surface area contributed by atoms with Gasteiger partial charge in [0.2, 0.25) is 0 Å². The van der Waals surface area contributed by atoms with Gasteiger partial charge >= 0.3 is 0 Å². The molecule has 24 heavy (non-hydrogen) atoms. The van der Waals surface area contributed by atoms with Crippen LogP contribution in [0.5, 0.6) is 0 Å². The Bertz CT molecular complexity index is 381. The van der Waals surface area contributed by atoms with Crippen LogP contribution in [0.4, 0.5) is 0 Å². The van der Waals surface area contributed by atoms with Crippen LogP contribution in [-0.2, 0) is 0 Å². The van der Waals surface area contributed by atoms with E-state index in [1.54, 1.807) is 5.57 Å². The van der Waals surface area contributed by atoms with Crippen molar-refractivity contribution in [1.82, 2.24) is 9.80 Å². The summed E-state index contributed by atoms with van der Waals surface area (Å²) in [5.41, 5.74) is 2.04. The molecule has 0 spiro atoms. The Hall–Kier alpha value is -0.500. The van der Waals surface area contributed by atoms with Crippen molar-refractivity contribution >= 4 is 0 Å². The zero-order valence-corrected chi connectivity index (χ0v) is 17.1. The lowest BCUT2D eigenvalue weighted by atomic mass is 9.83. The van der Waals surface area contributed by atoms with Gasteiger partial charge in [0, 0.05) is 26.2 Å². The van der Waals surface area contributed by atoms with Crippen LogP contribution in [0.15, 0.2) is 11.8 Å². The fraction of sp³-hybridized carbons (Fsp3) is 0.909. The minimum atomic E-state index is 0.474. The highest BCUT2D eigenvalue weighted by atomic mass is 15.2. The number of rotatable bonds is 8. The molecule has 0 aromatic carbocycles. The molecule has 0 radical (unpaired) electrons. The molecule has 2 fully saturated rings. The van der Waals surface area contributed by atoms with Crippen LogP contribution in [0.25, 0.3) is 0 Å². The number of nitrogens with zero attached hydrogens (tertiary/aromatic N) is 2. The summed E-state index contributed by atoms with van der Waals surface area (Å²) in [6.07, 6.45) is 12.3. The van der Waals surface area contributed by atoms with Crippen LogP contribution in [0.3, 0.4) is 0 Å². The van der Waals surface area contributed by atoms with E-state index in [1.165, 1.54) is 77.7 Å². The van der Waals surface area contributed by atoms with Gasteiger partial charge in [-0.15, -0.1) is 0 Å². The van der Waals surface area contributed by atoms with Crippen LogP contribution >= 0.6 is 0 Å². The highest BCUT2D eigenvalue weighted by Crippen LogP contribution is 2.29. The second-order valence-electron chi connectivity index (χ2n) is 9.85. The van der Waals surface area contributed by atoms with Gasteiger partial charge in [-0.25, -0.2) is 0 Å². The summed E-state index contributed by atoms with van der Waals surface area (Å²) in [6, 6.07) is 0. The average molecular weight is 335 g/mol. The maximum atomic E-state index is 2.68. The standard InChI is InChI=1S/C22H42N2/c1-19(9-11-22(3,4)5)17-20(2)18-24-15-13-23(14-16-24)12-10-21-7-6-8-21/h18-19,21H,6-17H2,1-5H3/b20-18-. The third kappa shape index (κ3) is 7.59. The highest BCUT2D eigenvalue weighted by molar-refractivity contribution is 4.99. The lowest BCUT2D eigenvalue weighted by Gasteiger charge is -2.36. The van der Waals surface area contributed by atoms with Gasteiger partial charge < -0.3 is 4.90 Å². The Kier molecular flexibility index (Phi) is 7.65. The third-order valence-electron chi connectivity index (χ3n) is 5.95. The van der Waals surface area contributed by atoms with E-state index in [9.17, 15) is 0 Å². The fourth-order valence-corrected chi connectivity index (χ4v) is 3.96. The van der Waals surface area contributed by atoms with Gasteiger partial charge in [-0.1, -0.05) is 52.5 Å². The van der Waals surface area contributed by atoms with Gasteiger partial charge in [0.1, 0.15) is 0 Å². The van der Waals surface area contributed by atoms with E-state index in [1.807, 2.05) is 0 Å². The lowest BCUT2D eigenvalue weighted by Crippen LogP contribution is -2.44. The molecule has 1 aliphatic carbocycles. The summed E-state index contributed by atoms with van der Waals surface area (Å²) in [6.45, 7) is 18.1. The zero-order valence-electron chi connectivity index (χ0n) is 17.1. The molecular formula is C22H42N2. The Balaban J connectivity index is 1.62. The van der Waals surface area contributed by atoms with Crippen molar-refractivity contribution in [1.29, 1.82) is 0 Å². The molecule has 0 aromatic rings. The van der Waals surface area contributed by atoms with Crippen molar-refractivity contribution in [3.63, 3.8) is 0 Å². The summed E-state index contributed by atoms with van der Waals surface area (Å²) < 4.78 is 0. The molecule has 0 bridgehead atoms. The van der Waals surface area contributed by atoms with E-state index in [4.69, 9.17) is 0 Å². The lowest BCUT2D eigenvalue weighted by molar-refractivity contribution is 0.148. The first kappa shape index (κ1) is 19.8. The molecule has 1 heterocycles. The summed E-state index contributed by atoms with van der Waals surface area (Å²) in [5.74, 6) is 1.86. The predicted molar refractivity (Wildman–Crippen MR) is 106 cm³/mol. The number of hydrogen-bond acceptors (Lipinski definition) is 2. The van der Waals surface area contributed by atoms with Crippen molar-refractivity contribution in [3.05, 3.63) is 11.8 Å². The molecular weight excluding hydrogens is 292 g/mol. The molecule has 0 amide bonds. The first-order valence-electron chi connectivity index (χ1n) is 10.5. The topological polar surface area (TPSA) is 6.48 Å². The molecule has 1 unspecified atom stereocenters. The van der Waals surface area contributed by atoms with E-state index in [-0.39, 0.29) is 0 Å². The van der Waals surface area contributed by atoms with Crippen molar-refractivity contribution in [3.8, 4) is 0 Å². The molecule has 1 saturated heterocycles. The molecule has 140 valence electrons. The van der Waals surface area contributed by atoms with Gasteiger partial charge in [0.15, 0.2) is 0 Å². The Morgan fingerprint density at radius 2 is 1.79 bits per heavy atom. The monoisotopic (exact) mass is 334 g/mol. The number of hydrogen-bond donors (Lipinski definition) is 0. The maximum Gasteiger partial charge on any atom is 0.0300 e. The molecule has 0 N–H and O–H groups in total. The first-order valence-corrected chi connectivity index (χ1v) is 10.5. The molecule has 2 heteroatoms. The van der Waals surface area contributed by atoms with E-state index in [0.717, 1.165) is 11.8 Å². The van der Waals surface area contributed by atoms with Crippen molar-refractivity contribution in [2.24, 2.45) is 17.3 Å². The third-order valence-corrected chi connectivity index (χ3v) is 5.95. The molecule has 2 aliphatic rings. The SMILES string of the molecule is C/C(=C/N1CCN(CCC2CCC2)CC1)CC(C)CCC(C)(C)C. The molecule has 1 atom stereocenters. The van der Waals surface area contributed by atoms with Gasteiger partial charge in [-0.2, -0.15) is 0 Å². The quantitative estimate of drug-likeness (QED) is 0.574. The Morgan fingerprint density at radius 3 is 2.33 bits per heavy atom. The minimum Gasteiger partial charge on any atom is -0.375 e. The van der Waals surface area contributed by atoms with Crippen LogP contribution in [-0.4, -0.2) is 42.5 Å². The normalized spacial score (nSPS) is 22.5. The second kappa shape index (κ2) is 9.27. The highest BCUT2D eigenvalue weighted by Gasteiger charge is 2.20. The maximum absolute atomic E-state index is 2.68. The number of piperazine rings is 1. The summed E-state index contributed by atoms with van der Waals surface area (Å²) in [7, 11) is 0. The summed E-state index contributed by atoms with van der Waals surface area (Å²) in [4.78, 5) is 5.25. The largest absolute Gasteiger partial charge is 0.375 e. The van der Waals surface area contributed by atoms with E-state index in [0.29, 0.717) is 5.41 Å².